The van der Waals surface area contributed by atoms with E-state index in [1.54, 1.807) is 18.2 Å². The molecule has 0 unspecified atom stereocenters. The molecule has 1 N–H and O–H groups in total. The van der Waals surface area contributed by atoms with E-state index >= 15 is 0 Å². The summed E-state index contributed by atoms with van der Waals surface area (Å²) in [6.45, 7) is 0. The lowest BCUT2D eigenvalue weighted by Gasteiger charge is -2.19. The predicted octanol–water partition coefficient (Wildman–Crippen LogP) is 1.93. The normalized spacial score (nSPS) is 36.1. The van der Waals surface area contributed by atoms with Gasteiger partial charge in [0.05, 0.1) is 17.5 Å². The van der Waals surface area contributed by atoms with Crippen LogP contribution in [-0.4, -0.2) is 16.9 Å². The van der Waals surface area contributed by atoms with Crippen molar-refractivity contribution in [1.82, 2.24) is 0 Å². The first kappa shape index (κ1) is 11.0. The van der Waals surface area contributed by atoms with Crippen LogP contribution in [0.4, 0.5) is 5.69 Å². The molecular weight excluding hydrogens is 242 g/mol. The number of rotatable bonds is 1. The van der Waals surface area contributed by atoms with Crippen LogP contribution >= 0.6 is 0 Å². The van der Waals surface area contributed by atoms with Crippen molar-refractivity contribution in [1.29, 1.82) is 0 Å². The van der Waals surface area contributed by atoms with Gasteiger partial charge in [-0.1, -0.05) is 6.07 Å². The second kappa shape index (κ2) is 3.59. The lowest BCUT2D eigenvalue weighted by atomic mass is 9.81. The Morgan fingerprint density at radius 1 is 1.05 bits per heavy atom. The summed E-state index contributed by atoms with van der Waals surface area (Å²) in [7, 11) is 0. The average molecular weight is 257 g/mol. The number of benzene rings is 1. The Kier molecular flexibility index (Phi) is 2.08. The van der Waals surface area contributed by atoms with Crippen molar-refractivity contribution >= 4 is 17.5 Å². The maximum Gasteiger partial charge on any atom is 0.237 e. The van der Waals surface area contributed by atoms with Gasteiger partial charge in [-0.05, 0) is 43.2 Å². The highest BCUT2D eigenvalue weighted by Crippen LogP contribution is 2.56. The second-order valence-corrected chi connectivity index (χ2v) is 5.92. The van der Waals surface area contributed by atoms with Gasteiger partial charge in [0.1, 0.15) is 5.75 Å². The SMILES string of the molecule is O=C1[C@@H]2[C@@H]3CC[C@@H](C3)[C@@H]2C(=O)N1c1cccc(O)c1. The molecule has 4 heteroatoms. The number of carbonyl (C=O) groups is 2. The van der Waals surface area contributed by atoms with Gasteiger partial charge in [-0.25, -0.2) is 4.90 Å². The zero-order valence-corrected chi connectivity index (χ0v) is 10.5. The quantitative estimate of drug-likeness (QED) is 0.782. The van der Waals surface area contributed by atoms with Gasteiger partial charge in [0, 0.05) is 6.07 Å². The van der Waals surface area contributed by atoms with Gasteiger partial charge in [-0.15, -0.1) is 0 Å². The van der Waals surface area contributed by atoms with Crippen LogP contribution in [-0.2, 0) is 9.59 Å². The summed E-state index contributed by atoms with van der Waals surface area (Å²) in [5, 5.41) is 9.52. The number of carbonyl (C=O) groups excluding carboxylic acids is 2. The number of phenolic OH excluding ortho intramolecular Hbond substituents is 1. The molecule has 98 valence electrons. The Morgan fingerprint density at radius 2 is 1.68 bits per heavy atom. The summed E-state index contributed by atoms with van der Waals surface area (Å²) in [5.74, 6) is 0.545. The third-order valence-electron chi connectivity index (χ3n) is 5.02. The number of hydrogen-bond acceptors (Lipinski definition) is 3. The van der Waals surface area contributed by atoms with Crippen molar-refractivity contribution < 1.29 is 14.7 Å². The van der Waals surface area contributed by atoms with Gasteiger partial charge in [-0.3, -0.25) is 9.59 Å². The predicted molar refractivity (Wildman–Crippen MR) is 68.4 cm³/mol. The van der Waals surface area contributed by atoms with Crippen LogP contribution < -0.4 is 4.90 Å². The molecule has 2 saturated carbocycles. The van der Waals surface area contributed by atoms with Crippen LogP contribution in [0.2, 0.25) is 0 Å². The molecule has 1 aromatic carbocycles. The van der Waals surface area contributed by atoms with E-state index in [4.69, 9.17) is 0 Å². The van der Waals surface area contributed by atoms with Crippen molar-refractivity contribution in [3.8, 4) is 5.75 Å². The Hall–Kier alpha value is -1.84. The van der Waals surface area contributed by atoms with Crippen LogP contribution in [0.15, 0.2) is 24.3 Å². The maximum absolute atomic E-state index is 12.5. The molecule has 3 fully saturated rings. The van der Waals surface area contributed by atoms with Gasteiger partial charge < -0.3 is 5.11 Å². The van der Waals surface area contributed by atoms with Crippen molar-refractivity contribution in [2.24, 2.45) is 23.7 Å². The third-order valence-corrected chi connectivity index (χ3v) is 5.02. The molecule has 1 aromatic rings. The number of aromatic hydroxyl groups is 1. The number of amides is 2. The molecule has 2 aliphatic carbocycles. The Labute approximate surface area is 111 Å². The molecule has 4 nitrogen and oxygen atoms in total. The molecule has 1 aliphatic heterocycles. The Morgan fingerprint density at radius 3 is 2.26 bits per heavy atom. The summed E-state index contributed by atoms with van der Waals surface area (Å²) in [4.78, 5) is 26.3. The van der Waals surface area contributed by atoms with Gasteiger partial charge in [0.25, 0.3) is 0 Å². The zero-order chi connectivity index (χ0) is 13.1. The second-order valence-electron chi connectivity index (χ2n) is 5.92. The molecule has 4 atom stereocenters. The van der Waals surface area contributed by atoms with Crippen molar-refractivity contribution in [2.45, 2.75) is 19.3 Å². The van der Waals surface area contributed by atoms with Crippen LogP contribution in [0, 0.1) is 23.7 Å². The minimum Gasteiger partial charge on any atom is -0.508 e. The smallest absolute Gasteiger partial charge is 0.237 e. The van der Waals surface area contributed by atoms with Gasteiger partial charge in [0.2, 0.25) is 11.8 Å². The van der Waals surface area contributed by atoms with Crippen LogP contribution in [0.5, 0.6) is 5.75 Å². The zero-order valence-electron chi connectivity index (χ0n) is 10.5. The summed E-state index contributed by atoms with van der Waals surface area (Å²) < 4.78 is 0. The minimum atomic E-state index is -0.103. The van der Waals surface area contributed by atoms with Crippen LogP contribution in [0.1, 0.15) is 19.3 Å². The number of anilines is 1. The van der Waals surface area contributed by atoms with E-state index in [-0.39, 0.29) is 29.4 Å². The first-order valence-electron chi connectivity index (χ1n) is 6.83. The van der Waals surface area contributed by atoms with E-state index in [1.807, 2.05) is 0 Å². The fraction of sp³-hybridized carbons (Fsp3) is 0.467. The van der Waals surface area contributed by atoms with Gasteiger partial charge >= 0.3 is 0 Å². The summed E-state index contributed by atoms with van der Waals surface area (Å²) >= 11 is 0. The highest BCUT2D eigenvalue weighted by Gasteiger charge is 2.61. The molecule has 0 aromatic heterocycles. The molecule has 4 rings (SSSR count). The molecule has 2 bridgehead atoms. The topological polar surface area (TPSA) is 57.6 Å². The van der Waals surface area contributed by atoms with Crippen LogP contribution in [0.3, 0.4) is 0 Å². The lowest BCUT2D eigenvalue weighted by Crippen LogP contribution is -2.32. The largest absolute Gasteiger partial charge is 0.508 e. The average Bonchev–Trinajstić information content (AvgIpc) is 3.04. The summed E-state index contributed by atoms with van der Waals surface area (Å²) in [6.07, 6.45) is 3.21. The highest BCUT2D eigenvalue weighted by molar-refractivity contribution is 6.22. The number of fused-ring (bicyclic) bond motifs is 5. The summed E-state index contributed by atoms with van der Waals surface area (Å²) in [5.41, 5.74) is 0.504. The molecule has 1 saturated heterocycles. The van der Waals surface area contributed by atoms with Gasteiger partial charge in [0.15, 0.2) is 0 Å². The first-order chi connectivity index (χ1) is 9.16. The van der Waals surface area contributed by atoms with E-state index < -0.39 is 0 Å². The highest BCUT2D eigenvalue weighted by atomic mass is 16.3. The Balaban J connectivity index is 1.75. The summed E-state index contributed by atoms with van der Waals surface area (Å²) in [6, 6.07) is 6.39. The number of phenols is 1. The molecule has 3 aliphatic rings. The minimum absolute atomic E-state index is 0.0622. The monoisotopic (exact) mass is 257 g/mol. The van der Waals surface area contributed by atoms with E-state index in [0.29, 0.717) is 17.5 Å². The third kappa shape index (κ3) is 1.34. The fourth-order valence-corrected chi connectivity index (χ4v) is 4.30. The fourth-order valence-electron chi connectivity index (χ4n) is 4.30. The van der Waals surface area contributed by atoms with E-state index in [0.717, 1.165) is 19.3 Å². The molecule has 19 heavy (non-hydrogen) atoms. The number of imide groups is 1. The van der Waals surface area contributed by atoms with Crippen molar-refractivity contribution in [3.05, 3.63) is 24.3 Å². The van der Waals surface area contributed by atoms with Gasteiger partial charge in [-0.2, -0.15) is 0 Å². The molecule has 1 heterocycles. The van der Waals surface area contributed by atoms with Crippen LogP contribution in [0.25, 0.3) is 0 Å². The van der Waals surface area contributed by atoms with E-state index in [1.165, 1.54) is 11.0 Å². The first-order valence-corrected chi connectivity index (χ1v) is 6.83. The standard InChI is InChI=1S/C15H15NO3/c17-11-3-1-2-10(7-11)16-14(18)12-8-4-5-9(6-8)13(12)15(16)19/h1-3,7-9,12-13,17H,4-6H2/t8-,9+,12-,13+. The Bertz CT molecular complexity index is 555. The number of nitrogens with zero attached hydrogens (tertiary/aromatic N) is 1. The molecule has 0 spiro atoms. The van der Waals surface area contributed by atoms with Crippen molar-refractivity contribution in [3.63, 3.8) is 0 Å². The number of hydrogen-bond donors (Lipinski definition) is 1. The van der Waals surface area contributed by atoms with E-state index in [2.05, 4.69) is 0 Å². The molecule has 0 radical (unpaired) electrons. The van der Waals surface area contributed by atoms with Crippen molar-refractivity contribution in [2.75, 3.05) is 4.90 Å². The molecule has 2 amide bonds. The lowest BCUT2D eigenvalue weighted by molar-refractivity contribution is -0.123. The maximum atomic E-state index is 12.5. The van der Waals surface area contributed by atoms with E-state index in [9.17, 15) is 14.7 Å². The molecular formula is C15H15NO3.